The van der Waals surface area contributed by atoms with Gasteiger partial charge in [-0.1, -0.05) is 6.07 Å². The van der Waals surface area contributed by atoms with Gasteiger partial charge in [-0.25, -0.2) is 4.98 Å². The summed E-state index contributed by atoms with van der Waals surface area (Å²) in [4.78, 5) is 3.86. The fourth-order valence-electron chi connectivity index (χ4n) is 1.29. The number of nitrogens with two attached hydrogens (primary N) is 1. The molecule has 0 atom stereocenters. The van der Waals surface area contributed by atoms with Crippen LogP contribution < -0.4 is 10.5 Å². The summed E-state index contributed by atoms with van der Waals surface area (Å²) in [6.45, 7) is 0. The Balaban J connectivity index is 2.35. The van der Waals surface area contributed by atoms with Crippen LogP contribution in [0.25, 0.3) is 0 Å². The number of aromatic nitrogens is 1. The molecule has 0 saturated heterocycles. The average molecular weight is 290 g/mol. The van der Waals surface area contributed by atoms with E-state index < -0.39 is 0 Å². The topological polar surface area (TPSA) is 71.9 Å². The summed E-state index contributed by atoms with van der Waals surface area (Å²) in [5, 5.41) is 8.74. The third-order valence-corrected chi connectivity index (χ3v) is 2.69. The molecule has 0 saturated carbocycles. The zero-order valence-corrected chi connectivity index (χ0v) is 10.3. The molecule has 5 heteroatoms. The summed E-state index contributed by atoms with van der Waals surface area (Å²) in [7, 11) is 0. The fraction of sp³-hybridized carbons (Fsp3) is 0. The van der Waals surface area contributed by atoms with E-state index in [-0.39, 0.29) is 0 Å². The lowest BCUT2D eigenvalue weighted by atomic mass is 10.3. The van der Waals surface area contributed by atoms with Crippen LogP contribution in [-0.4, -0.2) is 4.98 Å². The molecule has 2 rings (SSSR count). The lowest BCUT2D eigenvalue weighted by Gasteiger charge is -2.09. The van der Waals surface area contributed by atoms with E-state index in [0.717, 1.165) is 4.47 Å². The van der Waals surface area contributed by atoms with Crippen molar-refractivity contribution in [1.82, 2.24) is 4.98 Å². The van der Waals surface area contributed by atoms with Crippen molar-refractivity contribution in [2.45, 2.75) is 0 Å². The Hall–Kier alpha value is -2.06. The molecule has 0 fully saturated rings. The van der Waals surface area contributed by atoms with Crippen LogP contribution in [0, 0.1) is 11.3 Å². The Morgan fingerprint density at radius 2 is 2.18 bits per heavy atom. The van der Waals surface area contributed by atoms with Crippen LogP contribution in [0.15, 0.2) is 41.0 Å². The number of nitrogen functional groups attached to an aromatic ring is 1. The minimum atomic E-state index is 0.299. The van der Waals surface area contributed by atoms with Crippen molar-refractivity contribution in [3.63, 3.8) is 0 Å². The van der Waals surface area contributed by atoms with Gasteiger partial charge in [0.15, 0.2) is 5.75 Å². The third kappa shape index (κ3) is 2.55. The van der Waals surface area contributed by atoms with E-state index in [1.807, 2.05) is 18.2 Å². The number of halogens is 1. The minimum Gasteiger partial charge on any atom is -0.454 e. The van der Waals surface area contributed by atoms with Gasteiger partial charge in [-0.2, -0.15) is 5.26 Å². The summed E-state index contributed by atoms with van der Waals surface area (Å²) in [6, 6.07) is 10.6. The molecule has 1 aromatic heterocycles. The maximum Gasteiger partial charge on any atom is 0.164 e. The van der Waals surface area contributed by atoms with E-state index in [2.05, 4.69) is 20.9 Å². The van der Waals surface area contributed by atoms with E-state index in [0.29, 0.717) is 22.9 Å². The Bertz CT molecular complexity index is 572. The number of nitriles is 1. The van der Waals surface area contributed by atoms with E-state index in [9.17, 15) is 0 Å². The summed E-state index contributed by atoms with van der Waals surface area (Å²) in [6.07, 6.45) is 1.51. The monoisotopic (exact) mass is 289 g/mol. The number of hydrogen-bond acceptors (Lipinski definition) is 4. The van der Waals surface area contributed by atoms with Gasteiger partial charge in [0.2, 0.25) is 0 Å². The number of nitrogens with zero attached hydrogens (tertiary/aromatic N) is 2. The number of para-hydroxylation sites is 1. The second kappa shape index (κ2) is 4.85. The standard InChI is InChI=1S/C12H8BrN3O/c13-10-2-1-3-11(15)12(10)17-9-4-5-16-8(6-9)7-14/h1-6H,15H2. The second-order valence-corrected chi connectivity index (χ2v) is 4.10. The fourth-order valence-corrected chi connectivity index (χ4v) is 1.75. The molecular formula is C12H8BrN3O. The molecule has 1 heterocycles. The second-order valence-electron chi connectivity index (χ2n) is 3.25. The first kappa shape index (κ1) is 11.4. The maximum absolute atomic E-state index is 8.74. The van der Waals surface area contributed by atoms with Gasteiger partial charge >= 0.3 is 0 Å². The molecule has 0 spiro atoms. The zero-order valence-electron chi connectivity index (χ0n) is 8.72. The molecule has 2 aromatic rings. The molecule has 0 radical (unpaired) electrons. The van der Waals surface area contributed by atoms with Crippen molar-refractivity contribution in [2.75, 3.05) is 5.73 Å². The van der Waals surface area contributed by atoms with Crippen LogP contribution in [0.5, 0.6) is 11.5 Å². The summed E-state index contributed by atoms with van der Waals surface area (Å²) >= 11 is 3.35. The Kier molecular flexibility index (Phi) is 3.26. The van der Waals surface area contributed by atoms with Crippen LogP contribution in [0.1, 0.15) is 5.69 Å². The Labute approximate surface area is 107 Å². The number of anilines is 1. The Morgan fingerprint density at radius 3 is 2.88 bits per heavy atom. The number of benzene rings is 1. The van der Waals surface area contributed by atoms with E-state index in [1.165, 1.54) is 6.20 Å². The molecule has 4 nitrogen and oxygen atoms in total. The molecule has 0 aliphatic heterocycles. The quantitative estimate of drug-likeness (QED) is 0.863. The minimum absolute atomic E-state index is 0.299. The highest BCUT2D eigenvalue weighted by molar-refractivity contribution is 9.10. The molecule has 2 N–H and O–H groups in total. The molecular weight excluding hydrogens is 282 g/mol. The molecule has 84 valence electrons. The zero-order chi connectivity index (χ0) is 12.3. The molecule has 0 aliphatic carbocycles. The lowest BCUT2D eigenvalue weighted by molar-refractivity contribution is 0.481. The van der Waals surface area contributed by atoms with Gasteiger partial charge in [-0.15, -0.1) is 0 Å². The van der Waals surface area contributed by atoms with Gasteiger partial charge in [-0.3, -0.25) is 0 Å². The molecule has 0 amide bonds. The van der Waals surface area contributed by atoms with Crippen LogP contribution in [0.3, 0.4) is 0 Å². The summed E-state index contributed by atoms with van der Waals surface area (Å²) in [5.41, 5.74) is 6.63. The highest BCUT2D eigenvalue weighted by Gasteiger charge is 2.07. The van der Waals surface area contributed by atoms with Crippen molar-refractivity contribution in [2.24, 2.45) is 0 Å². The summed E-state index contributed by atoms with van der Waals surface area (Å²) in [5.74, 6) is 1.05. The maximum atomic E-state index is 8.74. The van der Waals surface area contributed by atoms with Crippen molar-refractivity contribution < 1.29 is 4.74 Å². The molecule has 0 bridgehead atoms. The summed E-state index contributed by atoms with van der Waals surface area (Å²) < 4.78 is 6.38. The van der Waals surface area contributed by atoms with Gasteiger partial charge in [0.05, 0.1) is 10.2 Å². The molecule has 0 unspecified atom stereocenters. The van der Waals surface area contributed by atoms with Gasteiger partial charge in [-0.05, 0) is 34.1 Å². The molecule has 17 heavy (non-hydrogen) atoms. The predicted octanol–water partition coefficient (Wildman–Crippen LogP) is 3.09. The van der Waals surface area contributed by atoms with Gasteiger partial charge in [0, 0.05) is 12.3 Å². The predicted molar refractivity (Wildman–Crippen MR) is 67.6 cm³/mol. The van der Waals surface area contributed by atoms with Crippen molar-refractivity contribution in [3.05, 3.63) is 46.7 Å². The smallest absolute Gasteiger partial charge is 0.164 e. The number of rotatable bonds is 2. The highest BCUT2D eigenvalue weighted by Crippen LogP contribution is 2.34. The Morgan fingerprint density at radius 1 is 1.35 bits per heavy atom. The van der Waals surface area contributed by atoms with E-state index in [1.54, 1.807) is 18.2 Å². The van der Waals surface area contributed by atoms with Crippen LogP contribution in [0.4, 0.5) is 5.69 Å². The third-order valence-electron chi connectivity index (χ3n) is 2.06. The molecule has 0 aliphatic rings. The largest absolute Gasteiger partial charge is 0.454 e. The first-order valence-corrected chi connectivity index (χ1v) is 5.58. The van der Waals surface area contributed by atoms with Gasteiger partial charge in [0.1, 0.15) is 17.5 Å². The number of ether oxygens (including phenoxy) is 1. The average Bonchev–Trinajstić information content (AvgIpc) is 2.34. The van der Waals surface area contributed by atoms with Crippen LogP contribution in [0.2, 0.25) is 0 Å². The highest BCUT2D eigenvalue weighted by atomic mass is 79.9. The van der Waals surface area contributed by atoms with Crippen LogP contribution >= 0.6 is 15.9 Å². The van der Waals surface area contributed by atoms with Crippen molar-refractivity contribution in [3.8, 4) is 17.6 Å². The van der Waals surface area contributed by atoms with Crippen LogP contribution in [-0.2, 0) is 0 Å². The first-order chi connectivity index (χ1) is 8.20. The number of hydrogen-bond donors (Lipinski definition) is 1. The molecule has 1 aromatic carbocycles. The van der Waals surface area contributed by atoms with Gasteiger partial charge < -0.3 is 10.5 Å². The normalized spacial score (nSPS) is 9.65. The first-order valence-electron chi connectivity index (χ1n) is 4.78. The van der Waals surface area contributed by atoms with E-state index >= 15 is 0 Å². The van der Waals surface area contributed by atoms with E-state index in [4.69, 9.17) is 15.7 Å². The SMILES string of the molecule is N#Cc1cc(Oc2c(N)cccc2Br)ccn1. The van der Waals surface area contributed by atoms with Crippen molar-refractivity contribution >= 4 is 21.6 Å². The van der Waals surface area contributed by atoms with Crippen molar-refractivity contribution in [1.29, 1.82) is 5.26 Å². The number of pyridine rings is 1. The van der Waals surface area contributed by atoms with Gasteiger partial charge in [0.25, 0.3) is 0 Å². The lowest BCUT2D eigenvalue weighted by Crippen LogP contribution is -1.93.